The maximum atomic E-state index is 9.15. The van der Waals surface area contributed by atoms with Gasteiger partial charge in [0.1, 0.15) is 0 Å². The number of aliphatic hydroxyl groups excluding tert-OH is 2. The Bertz CT molecular complexity index is 153. The van der Waals surface area contributed by atoms with Crippen LogP contribution in [0.1, 0.15) is 71.1 Å². The second-order valence-electron chi connectivity index (χ2n) is 5.09. The molecule has 0 unspecified atom stereocenters. The second-order valence-corrected chi connectivity index (χ2v) is 6.24. The Hall–Kier alpha value is 0.270. The third-order valence-electron chi connectivity index (χ3n) is 3.16. The number of aliphatic hydroxyl groups is 2. The van der Waals surface area contributed by atoms with Crippen LogP contribution in [0.5, 0.6) is 0 Å². The molecule has 0 saturated carbocycles. The molecule has 0 aromatic rings. The third-order valence-corrected chi connectivity index (χ3v) is 4.36. The Morgan fingerprint density at radius 3 is 1.83 bits per heavy atom. The van der Waals surface area contributed by atoms with Gasteiger partial charge < -0.3 is 10.2 Å². The molecule has 0 radical (unpaired) electrons. The fourth-order valence-electron chi connectivity index (χ4n) is 1.96. The predicted octanol–water partition coefficient (Wildman–Crippen LogP) is 3.99. The standard InChI is InChI=1S/C15H32O2S/c1-2-3-4-5-6-7-8-9-10-11-12-18-14-15(17)13-16/h15-17H,2-14H2,1H3/t15-/m0/s1. The molecule has 0 aliphatic heterocycles. The molecular formula is C15H32O2S. The van der Waals surface area contributed by atoms with Gasteiger partial charge >= 0.3 is 0 Å². The van der Waals surface area contributed by atoms with E-state index >= 15 is 0 Å². The fourth-order valence-corrected chi connectivity index (χ4v) is 2.92. The van der Waals surface area contributed by atoms with Crippen LogP contribution in [-0.2, 0) is 0 Å². The lowest BCUT2D eigenvalue weighted by atomic mass is 10.1. The molecule has 18 heavy (non-hydrogen) atoms. The molecule has 110 valence electrons. The summed E-state index contributed by atoms with van der Waals surface area (Å²) in [5, 5.41) is 17.8. The van der Waals surface area contributed by atoms with E-state index in [-0.39, 0.29) is 6.61 Å². The van der Waals surface area contributed by atoms with Crippen molar-refractivity contribution in [1.29, 1.82) is 0 Å². The summed E-state index contributed by atoms with van der Waals surface area (Å²) in [4.78, 5) is 0. The van der Waals surface area contributed by atoms with Gasteiger partial charge in [-0.2, -0.15) is 11.8 Å². The first-order valence-electron chi connectivity index (χ1n) is 7.68. The van der Waals surface area contributed by atoms with Crippen molar-refractivity contribution in [1.82, 2.24) is 0 Å². The highest BCUT2D eigenvalue weighted by Crippen LogP contribution is 2.12. The largest absolute Gasteiger partial charge is 0.394 e. The maximum absolute atomic E-state index is 9.15. The van der Waals surface area contributed by atoms with Crippen molar-refractivity contribution in [3.8, 4) is 0 Å². The van der Waals surface area contributed by atoms with Gasteiger partial charge in [0.2, 0.25) is 0 Å². The average molecular weight is 276 g/mol. The topological polar surface area (TPSA) is 40.5 Å². The number of rotatable bonds is 14. The van der Waals surface area contributed by atoms with E-state index in [1.54, 1.807) is 11.8 Å². The first kappa shape index (κ1) is 18.3. The van der Waals surface area contributed by atoms with Gasteiger partial charge in [-0.05, 0) is 12.2 Å². The minimum atomic E-state index is -0.530. The van der Waals surface area contributed by atoms with Crippen LogP contribution >= 0.6 is 11.8 Å². The van der Waals surface area contributed by atoms with Crippen LogP contribution in [0.15, 0.2) is 0 Å². The van der Waals surface area contributed by atoms with Crippen LogP contribution in [0, 0.1) is 0 Å². The smallest absolute Gasteiger partial charge is 0.0861 e. The Balaban J connectivity index is 2.94. The Kier molecular flexibility index (Phi) is 15.6. The summed E-state index contributed by atoms with van der Waals surface area (Å²) < 4.78 is 0. The second kappa shape index (κ2) is 15.3. The van der Waals surface area contributed by atoms with E-state index in [2.05, 4.69) is 6.92 Å². The molecule has 0 spiro atoms. The summed E-state index contributed by atoms with van der Waals surface area (Å²) in [7, 11) is 0. The number of thioether (sulfide) groups is 1. The van der Waals surface area contributed by atoms with E-state index in [1.807, 2.05) is 0 Å². The van der Waals surface area contributed by atoms with E-state index < -0.39 is 6.10 Å². The number of unbranched alkanes of at least 4 members (excludes halogenated alkanes) is 9. The molecule has 0 bridgehead atoms. The van der Waals surface area contributed by atoms with Crippen molar-refractivity contribution in [2.75, 3.05) is 18.1 Å². The average Bonchev–Trinajstić information content (AvgIpc) is 2.39. The van der Waals surface area contributed by atoms with Gasteiger partial charge in [0.25, 0.3) is 0 Å². The summed E-state index contributed by atoms with van der Waals surface area (Å²) in [5.41, 5.74) is 0. The highest BCUT2D eigenvalue weighted by Gasteiger charge is 2.00. The van der Waals surface area contributed by atoms with Crippen LogP contribution in [0.4, 0.5) is 0 Å². The summed E-state index contributed by atoms with van der Waals surface area (Å²) >= 11 is 1.75. The highest BCUT2D eigenvalue weighted by atomic mass is 32.2. The fraction of sp³-hybridized carbons (Fsp3) is 1.00. The molecule has 0 fully saturated rings. The highest BCUT2D eigenvalue weighted by molar-refractivity contribution is 7.99. The number of hydrogen-bond donors (Lipinski definition) is 2. The molecule has 0 aromatic carbocycles. The summed E-state index contributed by atoms with van der Waals surface area (Å²) in [6.07, 6.45) is 13.2. The van der Waals surface area contributed by atoms with Crippen LogP contribution in [0.25, 0.3) is 0 Å². The third kappa shape index (κ3) is 14.3. The summed E-state index contributed by atoms with van der Waals surface area (Å²) in [6, 6.07) is 0. The molecule has 3 heteroatoms. The van der Waals surface area contributed by atoms with Gasteiger partial charge in [-0.3, -0.25) is 0 Å². The SMILES string of the molecule is CCCCCCCCCCCCSC[C@@H](O)CO. The van der Waals surface area contributed by atoms with Crippen molar-refractivity contribution in [2.24, 2.45) is 0 Å². The molecular weight excluding hydrogens is 244 g/mol. The lowest BCUT2D eigenvalue weighted by molar-refractivity contribution is 0.113. The van der Waals surface area contributed by atoms with Crippen LogP contribution < -0.4 is 0 Å². The number of hydrogen-bond acceptors (Lipinski definition) is 3. The molecule has 0 aromatic heterocycles. The molecule has 1 atom stereocenters. The molecule has 0 saturated heterocycles. The maximum Gasteiger partial charge on any atom is 0.0861 e. The summed E-state index contributed by atoms with van der Waals surface area (Å²) in [6.45, 7) is 2.16. The van der Waals surface area contributed by atoms with Crippen molar-refractivity contribution in [3.63, 3.8) is 0 Å². The lowest BCUT2D eigenvalue weighted by Crippen LogP contribution is -2.14. The van der Waals surface area contributed by atoms with E-state index in [0.29, 0.717) is 5.75 Å². The van der Waals surface area contributed by atoms with Crippen molar-refractivity contribution in [2.45, 2.75) is 77.2 Å². The molecule has 0 rings (SSSR count). The Morgan fingerprint density at radius 1 is 0.833 bits per heavy atom. The van der Waals surface area contributed by atoms with Crippen molar-refractivity contribution in [3.05, 3.63) is 0 Å². The van der Waals surface area contributed by atoms with Gasteiger partial charge in [-0.25, -0.2) is 0 Å². The quantitative estimate of drug-likeness (QED) is 0.471. The zero-order chi connectivity index (χ0) is 13.5. The monoisotopic (exact) mass is 276 g/mol. The first-order valence-corrected chi connectivity index (χ1v) is 8.83. The van der Waals surface area contributed by atoms with Crippen LogP contribution in [0.2, 0.25) is 0 Å². The molecule has 0 aliphatic rings. The van der Waals surface area contributed by atoms with Gasteiger partial charge in [-0.1, -0.05) is 64.7 Å². The molecule has 0 amide bonds. The lowest BCUT2D eigenvalue weighted by Gasteiger charge is -2.06. The van der Waals surface area contributed by atoms with E-state index in [4.69, 9.17) is 10.2 Å². The molecule has 2 N–H and O–H groups in total. The van der Waals surface area contributed by atoms with E-state index in [1.165, 1.54) is 64.2 Å². The minimum Gasteiger partial charge on any atom is -0.394 e. The zero-order valence-electron chi connectivity index (χ0n) is 12.1. The van der Waals surface area contributed by atoms with E-state index in [0.717, 1.165) is 5.75 Å². The normalized spacial score (nSPS) is 12.8. The molecule has 2 nitrogen and oxygen atoms in total. The van der Waals surface area contributed by atoms with Gasteiger partial charge in [-0.15, -0.1) is 0 Å². The first-order chi connectivity index (χ1) is 8.81. The van der Waals surface area contributed by atoms with Crippen molar-refractivity contribution < 1.29 is 10.2 Å². The minimum absolute atomic E-state index is 0.106. The van der Waals surface area contributed by atoms with Crippen LogP contribution in [0.3, 0.4) is 0 Å². The zero-order valence-corrected chi connectivity index (χ0v) is 12.9. The summed E-state index contributed by atoms with van der Waals surface area (Å²) in [5.74, 6) is 1.79. The van der Waals surface area contributed by atoms with Crippen molar-refractivity contribution >= 4 is 11.8 Å². The predicted molar refractivity (Wildman–Crippen MR) is 82.3 cm³/mol. The van der Waals surface area contributed by atoms with Gasteiger partial charge in [0.05, 0.1) is 12.7 Å². The van der Waals surface area contributed by atoms with Gasteiger partial charge in [0.15, 0.2) is 0 Å². The molecule has 0 aliphatic carbocycles. The van der Waals surface area contributed by atoms with Crippen LogP contribution in [-0.4, -0.2) is 34.4 Å². The Labute approximate surface area is 118 Å². The Morgan fingerprint density at radius 2 is 1.33 bits per heavy atom. The molecule has 0 heterocycles. The van der Waals surface area contributed by atoms with Gasteiger partial charge in [0, 0.05) is 5.75 Å². The van der Waals surface area contributed by atoms with E-state index in [9.17, 15) is 0 Å².